The first-order valence-corrected chi connectivity index (χ1v) is 6.55. The van der Waals surface area contributed by atoms with Gasteiger partial charge in [-0.3, -0.25) is 4.79 Å². The fourth-order valence-corrected chi connectivity index (χ4v) is 1.78. The highest BCUT2D eigenvalue weighted by atomic mass is 19.1. The molecule has 5 heteroatoms. The van der Waals surface area contributed by atoms with Crippen molar-refractivity contribution in [1.29, 1.82) is 0 Å². The van der Waals surface area contributed by atoms with Crippen molar-refractivity contribution in [3.05, 3.63) is 59.7 Å². The van der Waals surface area contributed by atoms with Crippen LogP contribution in [0.3, 0.4) is 0 Å². The number of hydrogen-bond acceptors (Lipinski definition) is 2. The van der Waals surface area contributed by atoms with Crippen LogP contribution in [0.5, 0.6) is 0 Å². The highest BCUT2D eigenvalue weighted by Gasteiger charge is 2.13. The van der Waals surface area contributed by atoms with Crippen molar-refractivity contribution < 1.29 is 13.6 Å². The second-order valence-electron chi connectivity index (χ2n) is 4.83. The molecule has 1 amide bonds. The van der Waals surface area contributed by atoms with Gasteiger partial charge >= 0.3 is 0 Å². The lowest BCUT2D eigenvalue weighted by Crippen LogP contribution is -2.31. The molecule has 1 atom stereocenters. The maximum absolute atomic E-state index is 13.4. The smallest absolute Gasteiger partial charge is 0.246 e. The van der Waals surface area contributed by atoms with Crippen LogP contribution in [0.4, 0.5) is 20.2 Å². The van der Waals surface area contributed by atoms with Crippen LogP contribution in [0.25, 0.3) is 0 Å². The van der Waals surface area contributed by atoms with Crippen molar-refractivity contribution in [3.8, 4) is 0 Å². The Balaban J connectivity index is 1.98. The molecule has 0 aliphatic carbocycles. The molecule has 2 aromatic rings. The number of carbonyl (C=O) groups excluding carboxylic acids is 1. The van der Waals surface area contributed by atoms with Gasteiger partial charge in [0.2, 0.25) is 5.91 Å². The van der Waals surface area contributed by atoms with E-state index in [4.69, 9.17) is 0 Å². The van der Waals surface area contributed by atoms with Crippen molar-refractivity contribution in [3.63, 3.8) is 0 Å². The minimum absolute atomic E-state index is 0.289. The molecule has 0 saturated carbocycles. The largest absolute Gasteiger partial charge is 0.374 e. The molecule has 0 spiro atoms. The summed E-state index contributed by atoms with van der Waals surface area (Å²) < 4.78 is 26.2. The summed E-state index contributed by atoms with van der Waals surface area (Å²) in [5.41, 5.74) is 1.58. The number of hydrogen-bond donors (Lipinski definition) is 2. The third-order valence-corrected chi connectivity index (χ3v) is 3.06. The van der Waals surface area contributed by atoms with Crippen LogP contribution in [0.1, 0.15) is 12.5 Å². The van der Waals surface area contributed by atoms with Gasteiger partial charge in [-0.05, 0) is 55.8 Å². The zero-order valence-corrected chi connectivity index (χ0v) is 11.8. The van der Waals surface area contributed by atoms with Gasteiger partial charge in [0.05, 0.1) is 0 Å². The first kappa shape index (κ1) is 15.0. The summed E-state index contributed by atoms with van der Waals surface area (Å²) in [6, 6.07) is 9.62. The van der Waals surface area contributed by atoms with Crippen LogP contribution in [0, 0.1) is 18.6 Å². The molecule has 110 valence electrons. The Hall–Kier alpha value is -2.43. The fourth-order valence-electron chi connectivity index (χ4n) is 1.78. The Morgan fingerprint density at radius 2 is 1.67 bits per heavy atom. The fraction of sp³-hybridized carbons (Fsp3) is 0.188. The Labute approximate surface area is 122 Å². The van der Waals surface area contributed by atoms with E-state index in [2.05, 4.69) is 10.6 Å². The zero-order chi connectivity index (χ0) is 15.4. The summed E-state index contributed by atoms with van der Waals surface area (Å²) in [7, 11) is 0. The van der Waals surface area contributed by atoms with Crippen molar-refractivity contribution in [1.82, 2.24) is 0 Å². The Morgan fingerprint density at radius 3 is 2.29 bits per heavy atom. The maximum atomic E-state index is 13.4. The first-order valence-electron chi connectivity index (χ1n) is 6.55. The summed E-state index contributed by atoms with van der Waals surface area (Å²) >= 11 is 0. The first-order chi connectivity index (χ1) is 9.95. The van der Waals surface area contributed by atoms with Gasteiger partial charge in [-0.2, -0.15) is 0 Å². The van der Waals surface area contributed by atoms with E-state index < -0.39 is 6.04 Å². The van der Waals surface area contributed by atoms with Gasteiger partial charge in [0.25, 0.3) is 0 Å². The number of aryl methyl sites for hydroxylation is 1. The number of anilines is 2. The van der Waals surface area contributed by atoms with Gasteiger partial charge in [-0.1, -0.05) is 6.07 Å². The third kappa shape index (κ3) is 4.02. The number of halogens is 2. The minimum Gasteiger partial charge on any atom is -0.374 e. The van der Waals surface area contributed by atoms with E-state index in [1.807, 2.05) is 0 Å². The molecule has 21 heavy (non-hydrogen) atoms. The molecular formula is C16H16F2N2O. The molecule has 0 heterocycles. The SMILES string of the molecule is Cc1ccc(N[C@H](C)C(=O)Nc2ccc(F)cc2)cc1F. The minimum atomic E-state index is -0.558. The molecule has 0 aromatic heterocycles. The topological polar surface area (TPSA) is 41.1 Å². The molecule has 0 aliphatic rings. The average Bonchev–Trinajstić information content (AvgIpc) is 2.45. The van der Waals surface area contributed by atoms with Crippen LogP contribution >= 0.6 is 0 Å². The quantitative estimate of drug-likeness (QED) is 0.901. The van der Waals surface area contributed by atoms with Gasteiger partial charge in [0.15, 0.2) is 0 Å². The van der Waals surface area contributed by atoms with Crippen LogP contribution in [-0.4, -0.2) is 11.9 Å². The van der Waals surface area contributed by atoms with Crippen molar-refractivity contribution in [2.45, 2.75) is 19.9 Å². The van der Waals surface area contributed by atoms with Crippen LogP contribution in [0.2, 0.25) is 0 Å². The normalized spacial score (nSPS) is 11.8. The lowest BCUT2D eigenvalue weighted by Gasteiger charge is -2.15. The Bertz CT molecular complexity index is 641. The van der Waals surface area contributed by atoms with E-state index in [-0.39, 0.29) is 17.5 Å². The molecule has 2 N–H and O–H groups in total. The highest BCUT2D eigenvalue weighted by molar-refractivity contribution is 5.96. The number of nitrogens with one attached hydrogen (secondary N) is 2. The van der Waals surface area contributed by atoms with E-state index in [1.54, 1.807) is 26.0 Å². The van der Waals surface area contributed by atoms with Crippen molar-refractivity contribution >= 4 is 17.3 Å². The van der Waals surface area contributed by atoms with E-state index >= 15 is 0 Å². The van der Waals surface area contributed by atoms with Crippen molar-refractivity contribution in [2.24, 2.45) is 0 Å². The van der Waals surface area contributed by atoms with Gasteiger partial charge < -0.3 is 10.6 Å². The van der Waals surface area contributed by atoms with E-state index in [9.17, 15) is 13.6 Å². The monoisotopic (exact) mass is 290 g/mol. The molecule has 0 aliphatic heterocycles. The molecular weight excluding hydrogens is 274 g/mol. The number of carbonyl (C=O) groups is 1. The zero-order valence-electron chi connectivity index (χ0n) is 11.8. The summed E-state index contributed by atoms with van der Waals surface area (Å²) in [6.07, 6.45) is 0. The summed E-state index contributed by atoms with van der Waals surface area (Å²) in [5.74, 6) is -0.983. The summed E-state index contributed by atoms with van der Waals surface area (Å²) in [6.45, 7) is 3.33. The molecule has 0 bridgehead atoms. The number of amides is 1. The molecule has 2 aromatic carbocycles. The standard InChI is InChI=1S/C16H16F2N2O/c1-10-3-6-14(9-15(10)18)19-11(2)16(21)20-13-7-4-12(17)5-8-13/h3-9,11,19H,1-2H3,(H,20,21)/t11-/m1/s1. The van der Waals surface area contributed by atoms with E-state index in [0.717, 1.165) is 0 Å². The second kappa shape index (κ2) is 6.35. The van der Waals surface area contributed by atoms with E-state index in [0.29, 0.717) is 16.9 Å². The van der Waals surface area contributed by atoms with Crippen LogP contribution < -0.4 is 10.6 Å². The number of rotatable bonds is 4. The molecule has 2 rings (SSSR count). The Morgan fingerprint density at radius 1 is 1.05 bits per heavy atom. The van der Waals surface area contributed by atoms with Gasteiger partial charge in [-0.25, -0.2) is 8.78 Å². The van der Waals surface area contributed by atoms with Crippen LogP contribution in [0.15, 0.2) is 42.5 Å². The summed E-state index contributed by atoms with van der Waals surface area (Å²) in [5, 5.41) is 5.57. The average molecular weight is 290 g/mol. The molecule has 0 radical (unpaired) electrons. The lowest BCUT2D eigenvalue weighted by atomic mass is 10.2. The second-order valence-corrected chi connectivity index (χ2v) is 4.83. The van der Waals surface area contributed by atoms with E-state index in [1.165, 1.54) is 30.3 Å². The number of benzene rings is 2. The Kier molecular flexibility index (Phi) is 4.52. The van der Waals surface area contributed by atoms with Crippen molar-refractivity contribution in [2.75, 3.05) is 10.6 Å². The lowest BCUT2D eigenvalue weighted by molar-refractivity contribution is -0.116. The van der Waals surface area contributed by atoms with Gasteiger partial charge in [0, 0.05) is 11.4 Å². The maximum Gasteiger partial charge on any atom is 0.246 e. The highest BCUT2D eigenvalue weighted by Crippen LogP contribution is 2.15. The molecule has 0 fully saturated rings. The van der Waals surface area contributed by atoms with Crippen LogP contribution in [-0.2, 0) is 4.79 Å². The third-order valence-electron chi connectivity index (χ3n) is 3.06. The summed E-state index contributed by atoms with van der Waals surface area (Å²) in [4.78, 5) is 12.0. The van der Waals surface area contributed by atoms with Gasteiger partial charge in [0.1, 0.15) is 17.7 Å². The predicted molar refractivity (Wildman–Crippen MR) is 79.3 cm³/mol. The van der Waals surface area contributed by atoms with Gasteiger partial charge in [-0.15, -0.1) is 0 Å². The molecule has 3 nitrogen and oxygen atoms in total. The molecule has 0 unspecified atom stereocenters. The predicted octanol–water partition coefficient (Wildman–Crippen LogP) is 3.71. The molecule has 0 saturated heterocycles.